The molecule has 1 aliphatic heterocycles. The number of rotatable bonds is 6. The Hall–Kier alpha value is -6.12. The zero-order valence-electron chi connectivity index (χ0n) is 30.9. The molecule has 0 fully saturated rings. The van der Waals surface area contributed by atoms with Gasteiger partial charge in [-0.25, -0.2) is 0 Å². The molecule has 1 heterocycles. The molecule has 6 unspecified atom stereocenters. The summed E-state index contributed by atoms with van der Waals surface area (Å²) in [5, 5.41) is 0. The Morgan fingerprint density at radius 3 is 1.98 bits per heavy atom. The molecule has 0 saturated heterocycles. The Balaban J connectivity index is 1.13. The monoisotopic (exact) mass is 708 g/mol. The SMILES string of the molecule is C1=CC2C=CC(N(c3ccc4c(c3)N(c3ccccc3)C3CCC=CC43)c3ccc4c(c3)C(c3ccccc3)(c3ccccc3)C3C=CC=CC43)=CC2C=C1. The fourth-order valence-electron chi connectivity index (χ4n) is 10.8. The summed E-state index contributed by atoms with van der Waals surface area (Å²) in [5.74, 6) is 1.63. The molecule has 2 nitrogen and oxygen atoms in total. The van der Waals surface area contributed by atoms with Crippen molar-refractivity contribution in [1.29, 1.82) is 0 Å². The number of nitrogens with zero attached hydrogens (tertiary/aromatic N) is 2. The normalized spacial score (nSPS) is 25.8. The maximum atomic E-state index is 2.63. The molecular formula is C53H44N2. The van der Waals surface area contributed by atoms with Gasteiger partial charge in [0.1, 0.15) is 0 Å². The molecule has 0 N–H and O–H groups in total. The van der Waals surface area contributed by atoms with Gasteiger partial charge in [0.2, 0.25) is 0 Å². The lowest BCUT2D eigenvalue weighted by Crippen LogP contribution is -2.35. The van der Waals surface area contributed by atoms with Gasteiger partial charge in [0, 0.05) is 64.1 Å². The molecule has 0 spiro atoms. The smallest absolute Gasteiger partial charge is 0.0526 e. The first-order valence-electron chi connectivity index (χ1n) is 20.1. The maximum absolute atomic E-state index is 2.63. The Bertz CT molecular complexity index is 2440. The molecule has 0 bridgehead atoms. The molecule has 0 aromatic heterocycles. The van der Waals surface area contributed by atoms with Crippen molar-refractivity contribution in [2.75, 3.05) is 9.80 Å². The summed E-state index contributed by atoms with van der Waals surface area (Å²) in [6.45, 7) is 0. The third-order valence-corrected chi connectivity index (χ3v) is 13.1. The second-order valence-corrected chi connectivity index (χ2v) is 15.9. The average molecular weight is 709 g/mol. The van der Waals surface area contributed by atoms with E-state index in [-0.39, 0.29) is 17.3 Å². The molecule has 55 heavy (non-hydrogen) atoms. The molecule has 5 aromatic carbocycles. The largest absolute Gasteiger partial charge is 0.337 e. The van der Waals surface area contributed by atoms with E-state index in [0.29, 0.717) is 23.8 Å². The summed E-state index contributed by atoms with van der Waals surface area (Å²) < 4.78 is 0. The van der Waals surface area contributed by atoms with Crippen LogP contribution in [0.4, 0.5) is 22.7 Å². The fraction of sp³-hybridized carbons (Fsp3) is 0.170. The first-order chi connectivity index (χ1) is 27.3. The van der Waals surface area contributed by atoms with E-state index in [4.69, 9.17) is 0 Å². The van der Waals surface area contributed by atoms with Gasteiger partial charge in [-0.3, -0.25) is 0 Å². The van der Waals surface area contributed by atoms with E-state index < -0.39 is 0 Å². The van der Waals surface area contributed by atoms with Crippen LogP contribution >= 0.6 is 0 Å². The summed E-state index contributed by atoms with van der Waals surface area (Å²) in [7, 11) is 0. The zero-order valence-corrected chi connectivity index (χ0v) is 30.9. The lowest BCUT2D eigenvalue weighted by Gasteiger charge is -2.39. The van der Waals surface area contributed by atoms with Crippen LogP contribution < -0.4 is 9.80 Å². The Morgan fingerprint density at radius 1 is 0.564 bits per heavy atom. The van der Waals surface area contributed by atoms with Crippen LogP contribution in [0.25, 0.3) is 0 Å². The minimum Gasteiger partial charge on any atom is -0.337 e. The predicted molar refractivity (Wildman–Crippen MR) is 228 cm³/mol. The van der Waals surface area contributed by atoms with Crippen molar-refractivity contribution in [3.8, 4) is 0 Å². The van der Waals surface area contributed by atoms with Gasteiger partial charge < -0.3 is 9.80 Å². The molecule has 5 aromatic rings. The summed E-state index contributed by atoms with van der Waals surface area (Å²) in [6.07, 6.45) is 32.8. The van der Waals surface area contributed by atoms with Crippen LogP contribution in [0.5, 0.6) is 0 Å². The third-order valence-electron chi connectivity index (χ3n) is 13.1. The molecule has 2 heteroatoms. The number of fused-ring (bicyclic) bond motifs is 7. The summed E-state index contributed by atoms with van der Waals surface area (Å²) in [4.78, 5) is 5.16. The Morgan fingerprint density at radius 2 is 1.22 bits per heavy atom. The van der Waals surface area contributed by atoms with E-state index >= 15 is 0 Å². The number of hydrogen-bond acceptors (Lipinski definition) is 2. The molecule has 6 atom stereocenters. The highest BCUT2D eigenvalue weighted by atomic mass is 15.2. The molecule has 11 rings (SSSR count). The maximum Gasteiger partial charge on any atom is 0.0526 e. The van der Waals surface area contributed by atoms with Gasteiger partial charge in [0.25, 0.3) is 0 Å². The number of para-hydroxylation sites is 1. The summed E-state index contributed by atoms with van der Waals surface area (Å²) in [5.41, 5.74) is 12.7. The highest BCUT2D eigenvalue weighted by Gasteiger charge is 2.53. The van der Waals surface area contributed by atoms with E-state index in [1.807, 2.05) is 0 Å². The van der Waals surface area contributed by atoms with Crippen molar-refractivity contribution >= 4 is 22.7 Å². The lowest BCUT2D eigenvalue weighted by molar-refractivity contribution is 0.457. The van der Waals surface area contributed by atoms with E-state index in [9.17, 15) is 0 Å². The van der Waals surface area contributed by atoms with Crippen LogP contribution in [0.15, 0.2) is 212 Å². The highest BCUT2D eigenvalue weighted by molar-refractivity contribution is 5.82. The molecule has 5 aliphatic carbocycles. The predicted octanol–water partition coefficient (Wildman–Crippen LogP) is 12.8. The van der Waals surface area contributed by atoms with E-state index in [2.05, 4.69) is 216 Å². The summed E-state index contributed by atoms with van der Waals surface area (Å²) in [6, 6.07) is 48.6. The van der Waals surface area contributed by atoms with Crippen molar-refractivity contribution in [3.63, 3.8) is 0 Å². The molecule has 0 amide bonds. The van der Waals surface area contributed by atoms with Crippen molar-refractivity contribution in [2.45, 2.75) is 36.1 Å². The lowest BCUT2D eigenvalue weighted by atomic mass is 9.63. The van der Waals surface area contributed by atoms with Crippen LogP contribution in [-0.4, -0.2) is 6.04 Å². The Labute approximate surface area is 325 Å². The first kappa shape index (κ1) is 32.3. The van der Waals surface area contributed by atoms with Gasteiger partial charge in [0.15, 0.2) is 0 Å². The van der Waals surface area contributed by atoms with Gasteiger partial charge >= 0.3 is 0 Å². The van der Waals surface area contributed by atoms with E-state index in [1.54, 1.807) is 0 Å². The second-order valence-electron chi connectivity index (χ2n) is 15.9. The van der Waals surface area contributed by atoms with Gasteiger partial charge in [-0.05, 0) is 83.1 Å². The zero-order chi connectivity index (χ0) is 36.3. The molecule has 266 valence electrons. The second kappa shape index (κ2) is 13.0. The number of allylic oxidation sites excluding steroid dienone is 12. The quantitative estimate of drug-likeness (QED) is 0.162. The standard InChI is InChI=1S/C53H44N2/c1-4-18-39(19-5-1)53(40-20-6-2-7-21-40)49-26-14-12-24-45(49)46-32-30-43(35-50(46)53)54(42-29-28-37-16-10-11-17-38(37)34-42)44-31-33-48-47-25-13-15-27-51(47)55(52(48)36-44)41-22-8-3-9-23-41/h1-14,16-26,28-38,45,47,49,51H,15,27H2. The van der Waals surface area contributed by atoms with Crippen molar-refractivity contribution in [1.82, 2.24) is 0 Å². The summed E-state index contributed by atoms with van der Waals surface area (Å²) >= 11 is 0. The minimum absolute atomic E-state index is 0.255. The molecule has 6 aliphatic rings. The molecule has 0 saturated carbocycles. The van der Waals surface area contributed by atoms with Crippen molar-refractivity contribution in [2.24, 2.45) is 17.8 Å². The van der Waals surface area contributed by atoms with Crippen LogP contribution in [-0.2, 0) is 5.41 Å². The van der Waals surface area contributed by atoms with Gasteiger partial charge in [-0.15, -0.1) is 0 Å². The van der Waals surface area contributed by atoms with Crippen molar-refractivity contribution < 1.29 is 0 Å². The average Bonchev–Trinajstić information content (AvgIpc) is 3.75. The van der Waals surface area contributed by atoms with Gasteiger partial charge in [-0.2, -0.15) is 0 Å². The van der Waals surface area contributed by atoms with Crippen molar-refractivity contribution in [3.05, 3.63) is 240 Å². The van der Waals surface area contributed by atoms with Gasteiger partial charge in [0.05, 0.1) is 5.41 Å². The Kier molecular flexibility index (Phi) is 7.65. The third kappa shape index (κ3) is 5.01. The van der Waals surface area contributed by atoms with E-state index in [1.165, 1.54) is 56.3 Å². The fourth-order valence-corrected chi connectivity index (χ4v) is 10.8. The first-order valence-corrected chi connectivity index (χ1v) is 20.1. The van der Waals surface area contributed by atoms with E-state index in [0.717, 1.165) is 12.8 Å². The van der Waals surface area contributed by atoms with Crippen LogP contribution in [0.3, 0.4) is 0 Å². The highest BCUT2D eigenvalue weighted by Crippen LogP contribution is 2.60. The topological polar surface area (TPSA) is 6.48 Å². The van der Waals surface area contributed by atoms with Crippen LogP contribution in [0, 0.1) is 17.8 Å². The number of anilines is 4. The van der Waals surface area contributed by atoms with Crippen LogP contribution in [0.2, 0.25) is 0 Å². The molecule has 0 radical (unpaired) electrons. The van der Waals surface area contributed by atoms with Gasteiger partial charge in [-0.1, -0.05) is 164 Å². The molecular weight excluding hydrogens is 665 g/mol. The minimum atomic E-state index is -0.353. The van der Waals surface area contributed by atoms with Crippen LogP contribution in [0.1, 0.15) is 52.5 Å². The number of hydrogen-bond donors (Lipinski definition) is 0. The number of benzene rings is 5.